The summed E-state index contributed by atoms with van der Waals surface area (Å²) in [5.74, 6) is -0.523. The molecule has 152 valence electrons. The Morgan fingerprint density at radius 3 is 2.29 bits per heavy atom. The van der Waals surface area contributed by atoms with Gasteiger partial charge in [-0.05, 0) is 28.6 Å². The van der Waals surface area contributed by atoms with Gasteiger partial charge >= 0.3 is 0 Å². The summed E-state index contributed by atoms with van der Waals surface area (Å²) in [6, 6.07) is 22.7. The zero-order chi connectivity index (χ0) is 21.8. The van der Waals surface area contributed by atoms with Gasteiger partial charge in [0.1, 0.15) is 10.8 Å². The standard InChI is InChI=1S/C23H15ClN4O3/c24-22-19-9-5-4-8-18(19)20(16-6-2-1-3-7-16)21(26-22)23(29)27-25-14-15-10-12-17(13-11-15)28(30)31/h1-14H,(H,27,29)/b25-14+. The monoisotopic (exact) mass is 430 g/mol. The molecular weight excluding hydrogens is 416 g/mol. The summed E-state index contributed by atoms with van der Waals surface area (Å²) in [4.78, 5) is 27.5. The van der Waals surface area contributed by atoms with Crippen LogP contribution >= 0.6 is 11.6 Å². The molecule has 0 saturated carbocycles. The van der Waals surface area contributed by atoms with Gasteiger partial charge < -0.3 is 0 Å². The highest BCUT2D eigenvalue weighted by atomic mass is 35.5. The minimum absolute atomic E-state index is 0.0244. The third-order valence-electron chi connectivity index (χ3n) is 4.63. The first-order valence-corrected chi connectivity index (χ1v) is 9.64. The molecule has 4 rings (SSSR count). The van der Waals surface area contributed by atoms with Crippen LogP contribution in [-0.2, 0) is 0 Å². The lowest BCUT2D eigenvalue weighted by molar-refractivity contribution is -0.384. The summed E-state index contributed by atoms with van der Waals surface area (Å²) < 4.78 is 0. The molecule has 0 spiro atoms. The molecule has 0 aliphatic carbocycles. The van der Waals surface area contributed by atoms with Gasteiger partial charge in [-0.25, -0.2) is 10.4 Å². The van der Waals surface area contributed by atoms with Crippen LogP contribution in [0.1, 0.15) is 16.1 Å². The second-order valence-corrected chi connectivity index (χ2v) is 6.94. The zero-order valence-electron chi connectivity index (χ0n) is 16.0. The summed E-state index contributed by atoms with van der Waals surface area (Å²) in [5, 5.41) is 16.5. The van der Waals surface area contributed by atoms with Crippen LogP contribution in [0.25, 0.3) is 21.9 Å². The molecule has 4 aromatic rings. The molecule has 1 amide bonds. The van der Waals surface area contributed by atoms with Crippen molar-refractivity contribution in [3.05, 3.63) is 105 Å². The number of aromatic nitrogens is 1. The molecule has 1 aromatic heterocycles. The Labute approximate surface area is 182 Å². The molecule has 0 atom stereocenters. The van der Waals surface area contributed by atoms with Crippen molar-refractivity contribution < 1.29 is 9.72 Å². The predicted molar refractivity (Wildman–Crippen MR) is 120 cm³/mol. The number of hydrogen-bond donors (Lipinski definition) is 1. The maximum Gasteiger partial charge on any atom is 0.290 e. The van der Waals surface area contributed by atoms with Crippen LogP contribution in [0.4, 0.5) is 5.69 Å². The summed E-state index contributed by atoms with van der Waals surface area (Å²) in [7, 11) is 0. The normalized spacial score (nSPS) is 11.0. The van der Waals surface area contributed by atoms with Crippen LogP contribution < -0.4 is 5.43 Å². The number of hydrogen-bond acceptors (Lipinski definition) is 5. The van der Waals surface area contributed by atoms with Crippen molar-refractivity contribution >= 4 is 40.2 Å². The van der Waals surface area contributed by atoms with Gasteiger partial charge in [0.05, 0.1) is 11.1 Å². The number of halogens is 1. The molecule has 1 N–H and O–H groups in total. The van der Waals surface area contributed by atoms with E-state index in [0.29, 0.717) is 11.1 Å². The van der Waals surface area contributed by atoms with Gasteiger partial charge in [-0.2, -0.15) is 5.10 Å². The Kier molecular flexibility index (Phi) is 5.68. The molecule has 31 heavy (non-hydrogen) atoms. The molecule has 1 heterocycles. The third kappa shape index (κ3) is 4.26. The van der Waals surface area contributed by atoms with Crippen LogP contribution in [0.15, 0.2) is 84.0 Å². The second-order valence-electron chi connectivity index (χ2n) is 6.59. The van der Waals surface area contributed by atoms with E-state index in [1.807, 2.05) is 54.6 Å². The number of pyridine rings is 1. The average molecular weight is 431 g/mol. The Bertz CT molecular complexity index is 1310. The summed E-state index contributed by atoms with van der Waals surface area (Å²) in [6.45, 7) is 0. The van der Waals surface area contributed by atoms with Crippen LogP contribution in [0, 0.1) is 10.1 Å². The van der Waals surface area contributed by atoms with E-state index in [2.05, 4.69) is 15.5 Å². The molecule has 3 aromatic carbocycles. The number of rotatable bonds is 5. The summed E-state index contributed by atoms with van der Waals surface area (Å²) in [6.07, 6.45) is 1.40. The second kappa shape index (κ2) is 8.73. The number of amides is 1. The Hall–Kier alpha value is -4.10. The fourth-order valence-corrected chi connectivity index (χ4v) is 3.43. The number of hydrazone groups is 1. The van der Waals surface area contributed by atoms with Gasteiger partial charge in [0.25, 0.3) is 11.6 Å². The topological polar surface area (TPSA) is 97.5 Å². The van der Waals surface area contributed by atoms with Crippen molar-refractivity contribution in [1.29, 1.82) is 0 Å². The molecule has 0 bridgehead atoms. The number of carbonyl (C=O) groups is 1. The Morgan fingerprint density at radius 1 is 0.968 bits per heavy atom. The number of non-ortho nitro benzene ring substituents is 1. The summed E-state index contributed by atoms with van der Waals surface area (Å²) in [5.41, 5.74) is 4.67. The van der Waals surface area contributed by atoms with E-state index in [9.17, 15) is 14.9 Å². The molecule has 8 heteroatoms. The van der Waals surface area contributed by atoms with E-state index in [-0.39, 0.29) is 16.5 Å². The van der Waals surface area contributed by atoms with Crippen molar-refractivity contribution in [2.24, 2.45) is 5.10 Å². The largest absolute Gasteiger partial charge is 0.290 e. The minimum Gasteiger partial charge on any atom is -0.266 e. The van der Waals surface area contributed by atoms with Crippen molar-refractivity contribution in [2.45, 2.75) is 0 Å². The van der Waals surface area contributed by atoms with Crippen LogP contribution in [-0.4, -0.2) is 22.0 Å². The number of nitrogens with one attached hydrogen (secondary N) is 1. The smallest absolute Gasteiger partial charge is 0.266 e. The predicted octanol–water partition coefficient (Wildman–Crippen LogP) is 5.23. The van der Waals surface area contributed by atoms with E-state index in [1.54, 1.807) is 0 Å². The maximum atomic E-state index is 12.9. The molecule has 0 fully saturated rings. The first kappa shape index (κ1) is 20.2. The first-order chi connectivity index (χ1) is 15.0. The van der Waals surface area contributed by atoms with Gasteiger partial charge in [0.15, 0.2) is 0 Å². The first-order valence-electron chi connectivity index (χ1n) is 9.26. The van der Waals surface area contributed by atoms with Gasteiger partial charge in [0, 0.05) is 23.1 Å². The number of fused-ring (bicyclic) bond motifs is 1. The van der Waals surface area contributed by atoms with Crippen LogP contribution in [0.3, 0.4) is 0 Å². The summed E-state index contributed by atoms with van der Waals surface area (Å²) >= 11 is 6.35. The SMILES string of the molecule is O=C(N/N=C/c1ccc([N+](=O)[O-])cc1)c1nc(Cl)c2ccccc2c1-c1ccccc1. The quantitative estimate of drug-likeness (QED) is 0.203. The number of benzene rings is 3. The highest BCUT2D eigenvalue weighted by molar-refractivity contribution is 6.35. The van der Waals surface area contributed by atoms with Gasteiger partial charge in [-0.3, -0.25) is 14.9 Å². The lowest BCUT2D eigenvalue weighted by atomic mass is 9.97. The van der Waals surface area contributed by atoms with Crippen molar-refractivity contribution in [1.82, 2.24) is 10.4 Å². The average Bonchev–Trinajstić information content (AvgIpc) is 2.80. The molecule has 0 saturated heterocycles. The van der Waals surface area contributed by atoms with E-state index in [0.717, 1.165) is 16.3 Å². The highest BCUT2D eigenvalue weighted by Crippen LogP contribution is 2.34. The van der Waals surface area contributed by atoms with E-state index < -0.39 is 10.8 Å². The Balaban J connectivity index is 1.68. The van der Waals surface area contributed by atoms with E-state index >= 15 is 0 Å². The lowest BCUT2D eigenvalue weighted by Crippen LogP contribution is -2.20. The number of carbonyl (C=O) groups excluding carboxylic acids is 1. The third-order valence-corrected chi connectivity index (χ3v) is 4.91. The van der Waals surface area contributed by atoms with Crippen LogP contribution in [0.2, 0.25) is 5.15 Å². The fourth-order valence-electron chi connectivity index (χ4n) is 3.18. The van der Waals surface area contributed by atoms with Gasteiger partial charge in [-0.15, -0.1) is 0 Å². The fraction of sp³-hybridized carbons (Fsp3) is 0. The molecular formula is C23H15ClN4O3. The number of nitro benzene ring substituents is 1. The van der Waals surface area contributed by atoms with Crippen molar-refractivity contribution in [3.8, 4) is 11.1 Å². The van der Waals surface area contributed by atoms with Crippen molar-refractivity contribution in [3.63, 3.8) is 0 Å². The molecule has 0 aliphatic heterocycles. The molecule has 0 radical (unpaired) electrons. The number of nitro groups is 1. The molecule has 7 nitrogen and oxygen atoms in total. The van der Waals surface area contributed by atoms with E-state index in [4.69, 9.17) is 11.6 Å². The highest BCUT2D eigenvalue weighted by Gasteiger charge is 2.19. The number of nitrogens with zero attached hydrogens (tertiary/aromatic N) is 3. The maximum absolute atomic E-state index is 12.9. The minimum atomic E-state index is -0.523. The van der Waals surface area contributed by atoms with E-state index in [1.165, 1.54) is 30.5 Å². The Morgan fingerprint density at radius 2 is 1.61 bits per heavy atom. The lowest BCUT2D eigenvalue weighted by Gasteiger charge is -2.13. The molecule has 0 unspecified atom stereocenters. The van der Waals surface area contributed by atoms with Gasteiger partial charge in [0.2, 0.25) is 0 Å². The zero-order valence-corrected chi connectivity index (χ0v) is 16.8. The van der Waals surface area contributed by atoms with Gasteiger partial charge in [-0.1, -0.05) is 66.2 Å². The van der Waals surface area contributed by atoms with Crippen LogP contribution in [0.5, 0.6) is 0 Å². The molecule has 0 aliphatic rings. The van der Waals surface area contributed by atoms with Crippen molar-refractivity contribution in [2.75, 3.05) is 0 Å².